The van der Waals surface area contributed by atoms with Crippen LogP contribution in [0.2, 0.25) is 0 Å². The summed E-state index contributed by atoms with van der Waals surface area (Å²) in [5, 5.41) is 7.84. The van der Waals surface area contributed by atoms with Crippen molar-refractivity contribution in [3.63, 3.8) is 0 Å². The number of hydrogen-bond donors (Lipinski definition) is 1. The zero-order valence-corrected chi connectivity index (χ0v) is 15.6. The molecule has 4 rings (SSSR count). The highest BCUT2D eigenvalue weighted by molar-refractivity contribution is 5.94. The van der Waals surface area contributed by atoms with Crippen LogP contribution in [0.5, 0.6) is 0 Å². The SMILES string of the molecule is [2H]C([2H])([2H])N([C@H]1CC[C@H](C(=O)Nc2cc3cc(-c4cnn(C)c4)cnc3cn2)CC1)C([2H])([2H])[2H]. The van der Waals surface area contributed by atoms with Gasteiger partial charge in [-0.15, -0.1) is 0 Å². The van der Waals surface area contributed by atoms with E-state index in [9.17, 15) is 4.79 Å². The molecule has 1 fully saturated rings. The van der Waals surface area contributed by atoms with Crippen molar-refractivity contribution in [3.8, 4) is 11.1 Å². The summed E-state index contributed by atoms with van der Waals surface area (Å²) in [6, 6.07) is 3.09. The van der Waals surface area contributed by atoms with Crippen LogP contribution in [0.4, 0.5) is 5.82 Å². The van der Waals surface area contributed by atoms with Crippen molar-refractivity contribution in [1.29, 1.82) is 0 Å². The van der Waals surface area contributed by atoms with E-state index in [0.717, 1.165) is 16.5 Å². The topological polar surface area (TPSA) is 75.9 Å². The highest BCUT2D eigenvalue weighted by atomic mass is 16.1. The van der Waals surface area contributed by atoms with E-state index in [1.807, 2.05) is 19.3 Å². The lowest BCUT2D eigenvalue weighted by Gasteiger charge is -2.31. The first kappa shape index (κ1) is 12.6. The zero-order valence-electron chi connectivity index (χ0n) is 21.6. The van der Waals surface area contributed by atoms with Crippen LogP contribution in [-0.2, 0) is 11.8 Å². The van der Waals surface area contributed by atoms with Crippen molar-refractivity contribution in [1.82, 2.24) is 24.6 Å². The molecule has 1 amide bonds. The Morgan fingerprint density at radius 1 is 1.14 bits per heavy atom. The van der Waals surface area contributed by atoms with E-state index in [2.05, 4.69) is 20.4 Å². The van der Waals surface area contributed by atoms with Crippen molar-refractivity contribution in [3.05, 3.63) is 36.9 Å². The predicted molar refractivity (Wildman–Crippen MR) is 110 cm³/mol. The highest BCUT2D eigenvalue weighted by Crippen LogP contribution is 2.28. The van der Waals surface area contributed by atoms with Crippen LogP contribution < -0.4 is 5.32 Å². The van der Waals surface area contributed by atoms with Gasteiger partial charge in [-0.1, -0.05) is 0 Å². The monoisotopic (exact) mass is 384 g/mol. The van der Waals surface area contributed by atoms with E-state index < -0.39 is 20.0 Å². The summed E-state index contributed by atoms with van der Waals surface area (Å²) in [6.45, 7) is -5.44. The van der Waals surface area contributed by atoms with Crippen LogP contribution in [-0.4, -0.2) is 50.5 Å². The van der Waals surface area contributed by atoms with Crippen molar-refractivity contribution in [2.45, 2.75) is 31.7 Å². The maximum absolute atomic E-state index is 12.9. The molecule has 1 N–H and O–H groups in total. The zero-order chi connectivity index (χ0) is 24.7. The van der Waals surface area contributed by atoms with Gasteiger partial charge in [0.25, 0.3) is 0 Å². The third-order valence-electron chi connectivity index (χ3n) is 5.29. The maximum atomic E-state index is 12.9. The molecule has 0 atom stereocenters. The number of carbonyl (C=O) groups excluding carboxylic acids is 1. The Hall–Kier alpha value is -2.80. The molecule has 3 aromatic rings. The molecule has 7 heteroatoms. The molecule has 0 bridgehead atoms. The molecule has 0 aromatic carbocycles. The Morgan fingerprint density at radius 3 is 2.68 bits per heavy atom. The molecular formula is C21H26N6O. The largest absolute Gasteiger partial charge is 0.310 e. The molecule has 1 aliphatic rings. The first-order valence-corrected chi connectivity index (χ1v) is 9.27. The minimum absolute atomic E-state index is 0.212. The Kier molecular flexibility index (Phi) is 3.46. The average molecular weight is 385 g/mol. The summed E-state index contributed by atoms with van der Waals surface area (Å²) < 4.78 is 47.3. The molecule has 146 valence electrons. The maximum Gasteiger partial charge on any atom is 0.228 e. The molecular weight excluding hydrogens is 352 g/mol. The lowest BCUT2D eigenvalue weighted by Crippen LogP contribution is -2.35. The van der Waals surface area contributed by atoms with E-state index >= 15 is 0 Å². The number of carbonyl (C=O) groups is 1. The summed E-state index contributed by atoms with van der Waals surface area (Å²) in [4.78, 5) is 22.2. The Bertz CT molecular complexity index is 1170. The van der Waals surface area contributed by atoms with Gasteiger partial charge in [-0.2, -0.15) is 5.10 Å². The summed E-state index contributed by atoms with van der Waals surface area (Å²) in [5.74, 6) is -0.156. The molecule has 3 heterocycles. The number of pyridine rings is 2. The third kappa shape index (κ3) is 3.89. The lowest BCUT2D eigenvalue weighted by molar-refractivity contribution is -0.121. The number of rotatable bonds is 4. The molecule has 3 aromatic heterocycles. The first-order valence-electron chi connectivity index (χ1n) is 12.3. The van der Waals surface area contributed by atoms with Gasteiger partial charge in [-0.3, -0.25) is 14.5 Å². The fourth-order valence-electron chi connectivity index (χ4n) is 3.65. The highest BCUT2D eigenvalue weighted by Gasteiger charge is 2.27. The van der Waals surface area contributed by atoms with Gasteiger partial charge in [0, 0.05) is 56.1 Å². The average Bonchev–Trinajstić information content (AvgIpc) is 3.18. The van der Waals surface area contributed by atoms with Gasteiger partial charge >= 0.3 is 0 Å². The summed E-state index contributed by atoms with van der Waals surface area (Å²) in [7, 11) is 1.84. The minimum atomic E-state index is -2.72. The number of aromatic nitrogens is 4. The van der Waals surface area contributed by atoms with E-state index in [1.165, 1.54) is 0 Å². The first-order chi connectivity index (χ1) is 15.9. The van der Waals surface area contributed by atoms with Crippen molar-refractivity contribution in [2.75, 3.05) is 19.3 Å². The van der Waals surface area contributed by atoms with Crippen LogP contribution in [0.15, 0.2) is 36.9 Å². The van der Waals surface area contributed by atoms with Crippen molar-refractivity contribution >= 4 is 22.6 Å². The number of amides is 1. The Balaban J connectivity index is 1.43. The van der Waals surface area contributed by atoms with Crippen LogP contribution in [0.25, 0.3) is 22.0 Å². The molecule has 0 spiro atoms. The molecule has 0 unspecified atom stereocenters. The van der Waals surface area contributed by atoms with Crippen molar-refractivity contribution in [2.24, 2.45) is 13.0 Å². The van der Waals surface area contributed by atoms with Gasteiger partial charge in [0.05, 0.1) is 17.9 Å². The van der Waals surface area contributed by atoms with Gasteiger partial charge in [-0.05, 0) is 51.8 Å². The van der Waals surface area contributed by atoms with Gasteiger partial charge in [0.1, 0.15) is 5.82 Å². The second-order valence-corrected chi connectivity index (χ2v) is 7.25. The minimum Gasteiger partial charge on any atom is -0.310 e. The molecule has 1 saturated carbocycles. The van der Waals surface area contributed by atoms with Crippen molar-refractivity contribution < 1.29 is 13.0 Å². The third-order valence-corrected chi connectivity index (χ3v) is 5.29. The fraction of sp³-hybridized carbons (Fsp3) is 0.429. The number of nitrogens with one attached hydrogen (secondary N) is 1. The summed E-state index contributed by atoms with van der Waals surface area (Å²) >= 11 is 0. The smallest absolute Gasteiger partial charge is 0.228 e. The van der Waals surface area contributed by atoms with Gasteiger partial charge in [0.2, 0.25) is 5.91 Å². The number of anilines is 1. The van der Waals surface area contributed by atoms with Crippen LogP contribution in [0, 0.1) is 5.92 Å². The predicted octanol–water partition coefficient (Wildman–Crippen LogP) is 3.09. The Morgan fingerprint density at radius 2 is 1.96 bits per heavy atom. The quantitative estimate of drug-likeness (QED) is 0.748. The van der Waals surface area contributed by atoms with Gasteiger partial charge < -0.3 is 10.2 Å². The lowest BCUT2D eigenvalue weighted by atomic mass is 9.85. The molecule has 1 aliphatic carbocycles. The molecule has 0 saturated heterocycles. The van der Waals surface area contributed by atoms with E-state index in [0.29, 0.717) is 41.9 Å². The standard InChI is InChI=1S/C21H26N6O/c1-26(2)18-6-4-14(5-7-18)21(28)25-20-9-15-8-16(10-22-19(15)12-23-20)17-11-24-27(3)13-17/h8-14,18H,4-7H2,1-3H3,(H,23,25,28)/t14-,18-/i1D3,2D3. The van der Waals surface area contributed by atoms with Gasteiger partial charge in [0.15, 0.2) is 0 Å². The fourth-order valence-corrected chi connectivity index (χ4v) is 3.65. The Labute approximate surface area is 173 Å². The molecule has 0 aliphatic heterocycles. The van der Waals surface area contributed by atoms with E-state index in [1.54, 1.807) is 29.3 Å². The number of fused-ring (bicyclic) bond motifs is 1. The van der Waals surface area contributed by atoms with Gasteiger partial charge in [-0.25, -0.2) is 4.98 Å². The normalized spacial score (nSPS) is 23.9. The second kappa shape index (κ2) is 7.67. The van der Waals surface area contributed by atoms with Crippen LogP contribution in [0.1, 0.15) is 33.9 Å². The molecule has 7 nitrogen and oxygen atoms in total. The number of aryl methyl sites for hydroxylation is 1. The van der Waals surface area contributed by atoms with E-state index in [-0.39, 0.29) is 11.8 Å². The number of hydrogen-bond acceptors (Lipinski definition) is 5. The van der Waals surface area contributed by atoms with Crippen LogP contribution >= 0.6 is 0 Å². The molecule has 0 radical (unpaired) electrons. The number of nitrogens with zero attached hydrogens (tertiary/aromatic N) is 5. The van der Waals surface area contributed by atoms with E-state index in [4.69, 9.17) is 8.22 Å². The molecule has 28 heavy (non-hydrogen) atoms. The summed E-state index contributed by atoms with van der Waals surface area (Å²) in [5.41, 5.74) is 2.52. The second-order valence-electron chi connectivity index (χ2n) is 7.25. The summed E-state index contributed by atoms with van der Waals surface area (Å²) in [6.07, 6.45) is 8.43. The van der Waals surface area contributed by atoms with Crippen LogP contribution in [0.3, 0.4) is 0 Å².